The van der Waals surface area contributed by atoms with Gasteiger partial charge in [-0.3, -0.25) is 0 Å². The van der Waals surface area contributed by atoms with E-state index in [1.54, 1.807) is 0 Å². The predicted octanol–water partition coefficient (Wildman–Crippen LogP) is 14.8. The number of benzene rings is 9. The molecule has 0 atom stereocenters. The standard InChI is InChI=1S/C53H39N/c1-53(2)51-22-11-10-20-48(51)49-32-31-44(35-52(49)53)54(43-29-25-39(26-30-43)46-21-12-17-37-15-6-8-18-45(37)46)42-27-23-36(24-28-42)41-33-40-16-7-9-19-47(40)50(34-41)38-13-4-3-5-14-38/h3-35H,1-2H3. The molecule has 0 spiro atoms. The van der Waals surface area contributed by atoms with Gasteiger partial charge in [0.15, 0.2) is 0 Å². The van der Waals surface area contributed by atoms with Crippen molar-refractivity contribution < 1.29 is 0 Å². The first-order valence-electron chi connectivity index (χ1n) is 18.8. The van der Waals surface area contributed by atoms with Crippen molar-refractivity contribution in [1.29, 1.82) is 0 Å². The molecule has 0 unspecified atom stereocenters. The molecule has 9 aromatic carbocycles. The minimum atomic E-state index is -0.0950. The maximum Gasteiger partial charge on any atom is 0.0465 e. The van der Waals surface area contributed by atoms with Gasteiger partial charge in [-0.2, -0.15) is 0 Å². The highest BCUT2D eigenvalue weighted by atomic mass is 15.1. The summed E-state index contributed by atoms with van der Waals surface area (Å²) in [7, 11) is 0. The van der Waals surface area contributed by atoms with Gasteiger partial charge >= 0.3 is 0 Å². The molecule has 54 heavy (non-hydrogen) atoms. The minimum Gasteiger partial charge on any atom is -0.310 e. The van der Waals surface area contributed by atoms with Gasteiger partial charge in [0.25, 0.3) is 0 Å². The zero-order chi connectivity index (χ0) is 36.2. The zero-order valence-corrected chi connectivity index (χ0v) is 30.5. The van der Waals surface area contributed by atoms with Crippen LogP contribution in [0.4, 0.5) is 17.1 Å². The maximum atomic E-state index is 2.41. The Kier molecular flexibility index (Phi) is 7.56. The molecule has 1 heteroatoms. The van der Waals surface area contributed by atoms with Gasteiger partial charge in [0.1, 0.15) is 0 Å². The van der Waals surface area contributed by atoms with Crippen molar-refractivity contribution in [2.45, 2.75) is 19.3 Å². The normalized spacial score (nSPS) is 12.8. The van der Waals surface area contributed by atoms with Crippen LogP contribution in [0.2, 0.25) is 0 Å². The van der Waals surface area contributed by atoms with Crippen molar-refractivity contribution in [2.75, 3.05) is 4.90 Å². The Balaban J connectivity index is 1.09. The average Bonchev–Trinajstić information content (AvgIpc) is 3.46. The van der Waals surface area contributed by atoms with Gasteiger partial charge in [0, 0.05) is 22.5 Å². The number of anilines is 3. The van der Waals surface area contributed by atoms with E-state index in [2.05, 4.69) is 219 Å². The fraction of sp³-hybridized carbons (Fsp3) is 0.0566. The lowest BCUT2D eigenvalue weighted by Crippen LogP contribution is -2.16. The first-order chi connectivity index (χ1) is 26.5. The molecule has 0 bridgehead atoms. The summed E-state index contributed by atoms with van der Waals surface area (Å²) in [6, 6.07) is 73.4. The van der Waals surface area contributed by atoms with Crippen LogP contribution in [0.5, 0.6) is 0 Å². The molecular weight excluding hydrogens is 651 g/mol. The van der Waals surface area contributed by atoms with Crippen LogP contribution in [-0.2, 0) is 5.41 Å². The number of rotatable bonds is 6. The van der Waals surface area contributed by atoms with Gasteiger partial charge < -0.3 is 4.90 Å². The third-order valence-corrected chi connectivity index (χ3v) is 11.5. The van der Waals surface area contributed by atoms with E-state index in [0.29, 0.717) is 0 Å². The molecule has 0 saturated carbocycles. The molecule has 1 nitrogen and oxygen atoms in total. The summed E-state index contributed by atoms with van der Waals surface area (Å²) in [5.41, 5.74) is 16.1. The van der Waals surface area contributed by atoms with Crippen LogP contribution in [0.1, 0.15) is 25.0 Å². The van der Waals surface area contributed by atoms with Crippen LogP contribution < -0.4 is 4.90 Å². The van der Waals surface area contributed by atoms with Crippen LogP contribution >= 0.6 is 0 Å². The second kappa shape index (κ2) is 12.8. The van der Waals surface area contributed by atoms with E-state index in [1.807, 2.05) is 0 Å². The van der Waals surface area contributed by atoms with Crippen LogP contribution in [-0.4, -0.2) is 0 Å². The molecule has 1 aliphatic carbocycles. The highest BCUT2D eigenvalue weighted by molar-refractivity contribution is 6.00. The Labute approximate surface area is 317 Å². The number of hydrogen-bond donors (Lipinski definition) is 0. The summed E-state index contributed by atoms with van der Waals surface area (Å²) in [6.45, 7) is 4.71. The van der Waals surface area contributed by atoms with Gasteiger partial charge in [0.05, 0.1) is 0 Å². The summed E-state index contributed by atoms with van der Waals surface area (Å²) < 4.78 is 0. The molecule has 0 radical (unpaired) electrons. The molecular formula is C53H39N. The third-order valence-electron chi connectivity index (χ3n) is 11.5. The van der Waals surface area contributed by atoms with Gasteiger partial charge in [-0.25, -0.2) is 0 Å². The van der Waals surface area contributed by atoms with E-state index in [9.17, 15) is 0 Å². The van der Waals surface area contributed by atoms with Crippen molar-refractivity contribution in [3.8, 4) is 44.5 Å². The summed E-state index contributed by atoms with van der Waals surface area (Å²) in [5.74, 6) is 0. The van der Waals surface area contributed by atoms with E-state index in [0.717, 1.165) is 17.1 Å². The number of nitrogens with zero attached hydrogens (tertiary/aromatic N) is 1. The minimum absolute atomic E-state index is 0.0950. The van der Waals surface area contributed by atoms with E-state index in [1.165, 1.54) is 77.2 Å². The Hall–Kier alpha value is -6.70. The fourth-order valence-electron chi connectivity index (χ4n) is 8.68. The van der Waals surface area contributed by atoms with E-state index in [4.69, 9.17) is 0 Å². The highest BCUT2D eigenvalue weighted by Crippen LogP contribution is 2.51. The van der Waals surface area contributed by atoms with Crippen molar-refractivity contribution in [3.05, 3.63) is 211 Å². The van der Waals surface area contributed by atoms with Crippen LogP contribution in [0.15, 0.2) is 200 Å². The fourth-order valence-corrected chi connectivity index (χ4v) is 8.68. The van der Waals surface area contributed by atoms with Crippen LogP contribution in [0, 0.1) is 0 Å². The van der Waals surface area contributed by atoms with E-state index >= 15 is 0 Å². The van der Waals surface area contributed by atoms with Crippen molar-refractivity contribution in [3.63, 3.8) is 0 Å². The first-order valence-corrected chi connectivity index (χ1v) is 18.8. The smallest absolute Gasteiger partial charge is 0.0465 e. The topological polar surface area (TPSA) is 3.24 Å². The van der Waals surface area contributed by atoms with Crippen molar-refractivity contribution >= 4 is 38.6 Å². The second-order valence-corrected chi connectivity index (χ2v) is 15.0. The van der Waals surface area contributed by atoms with E-state index in [-0.39, 0.29) is 5.41 Å². The molecule has 0 heterocycles. The summed E-state index contributed by atoms with van der Waals surface area (Å²) in [5, 5.41) is 5.03. The van der Waals surface area contributed by atoms with Crippen molar-refractivity contribution in [2.24, 2.45) is 0 Å². The summed E-state index contributed by atoms with van der Waals surface area (Å²) in [4.78, 5) is 2.41. The quantitative estimate of drug-likeness (QED) is 0.168. The van der Waals surface area contributed by atoms with Gasteiger partial charge in [-0.15, -0.1) is 0 Å². The Bertz CT molecular complexity index is 2820. The molecule has 0 aromatic heterocycles. The second-order valence-electron chi connectivity index (χ2n) is 15.0. The molecule has 0 amide bonds. The lowest BCUT2D eigenvalue weighted by Gasteiger charge is -2.28. The SMILES string of the molecule is CC1(C)c2ccccc2-c2ccc(N(c3ccc(-c4cc(-c5ccccc5)c5ccccc5c4)cc3)c3ccc(-c4cccc5ccccc45)cc3)cc21. The predicted molar refractivity (Wildman–Crippen MR) is 230 cm³/mol. The maximum absolute atomic E-state index is 2.41. The molecule has 9 aromatic rings. The van der Waals surface area contributed by atoms with Crippen LogP contribution in [0.25, 0.3) is 66.1 Å². The molecule has 0 fully saturated rings. The van der Waals surface area contributed by atoms with Gasteiger partial charge in [-0.05, 0) is 126 Å². The van der Waals surface area contributed by atoms with Crippen molar-refractivity contribution in [1.82, 2.24) is 0 Å². The molecule has 0 saturated heterocycles. The highest BCUT2D eigenvalue weighted by Gasteiger charge is 2.35. The number of hydrogen-bond acceptors (Lipinski definition) is 1. The molecule has 1 aliphatic rings. The summed E-state index contributed by atoms with van der Waals surface area (Å²) in [6.07, 6.45) is 0. The zero-order valence-electron chi connectivity index (χ0n) is 30.5. The molecule has 256 valence electrons. The lowest BCUT2D eigenvalue weighted by atomic mass is 9.82. The summed E-state index contributed by atoms with van der Waals surface area (Å²) >= 11 is 0. The Morgan fingerprint density at radius 3 is 1.61 bits per heavy atom. The number of fused-ring (bicyclic) bond motifs is 5. The Morgan fingerprint density at radius 1 is 0.315 bits per heavy atom. The average molecular weight is 690 g/mol. The monoisotopic (exact) mass is 689 g/mol. The molecule has 0 N–H and O–H groups in total. The molecule has 10 rings (SSSR count). The van der Waals surface area contributed by atoms with Gasteiger partial charge in [0.2, 0.25) is 0 Å². The van der Waals surface area contributed by atoms with Gasteiger partial charge in [-0.1, -0.05) is 166 Å². The first kappa shape index (κ1) is 32.0. The largest absolute Gasteiger partial charge is 0.310 e. The molecule has 0 aliphatic heterocycles. The lowest BCUT2D eigenvalue weighted by molar-refractivity contribution is 0.660. The third kappa shape index (κ3) is 5.32. The van der Waals surface area contributed by atoms with Crippen LogP contribution in [0.3, 0.4) is 0 Å². The van der Waals surface area contributed by atoms with E-state index < -0.39 is 0 Å². The Morgan fingerprint density at radius 2 is 0.852 bits per heavy atom.